The van der Waals surface area contributed by atoms with Gasteiger partial charge < -0.3 is 0 Å². The molecular weight excluding hydrogens is 368 g/mol. The molecular formula is C15H16Br2N2. The van der Waals surface area contributed by atoms with Gasteiger partial charge in [-0.2, -0.15) is 0 Å². The molecule has 1 unspecified atom stereocenters. The molecule has 0 bridgehead atoms. The molecule has 0 heterocycles. The Morgan fingerprint density at radius 2 is 1.63 bits per heavy atom. The SMILES string of the molecule is NNC(CCc1ccccc1)c1cc(Br)cc(Br)c1. The van der Waals surface area contributed by atoms with Crippen molar-refractivity contribution in [3.63, 3.8) is 0 Å². The van der Waals surface area contributed by atoms with E-state index < -0.39 is 0 Å². The number of hydrogen-bond donors (Lipinski definition) is 2. The van der Waals surface area contributed by atoms with Crippen molar-refractivity contribution in [3.05, 3.63) is 68.6 Å². The molecule has 0 spiro atoms. The second-order valence-electron chi connectivity index (χ2n) is 4.45. The normalized spacial score (nSPS) is 12.4. The van der Waals surface area contributed by atoms with Crippen LogP contribution in [-0.4, -0.2) is 0 Å². The Kier molecular flexibility index (Phi) is 5.58. The highest BCUT2D eigenvalue weighted by Crippen LogP contribution is 2.26. The van der Waals surface area contributed by atoms with E-state index in [1.54, 1.807) is 0 Å². The number of hydrazine groups is 1. The predicted molar refractivity (Wildman–Crippen MR) is 86.7 cm³/mol. The van der Waals surface area contributed by atoms with Crippen LogP contribution in [0.1, 0.15) is 23.6 Å². The largest absolute Gasteiger partial charge is 0.271 e. The molecule has 2 nitrogen and oxygen atoms in total. The maximum atomic E-state index is 5.69. The summed E-state index contributed by atoms with van der Waals surface area (Å²) in [6, 6.07) is 16.8. The van der Waals surface area contributed by atoms with Gasteiger partial charge in [0.25, 0.3) is 0 Å². The summed E-state index contributed by atoms with van der Waals surface area (Å²) in [5.41, 5.74) is 5.41. The first-order chi connectivity index (χ1) is 9.19. The van der Waals surface area contributed by atoms with Gasteiger partial charge in [0.05, 0.1) is 0 Å². The molecule has 0 saturated heterocycles. The summed E-state index contributed by atoms with van der Waals surface area (Å²) in [6.45, 7) is 0. The standard InChI is InChI=1S/C15H16Br2N2/c16-13-8-12(9-14(17)10-13)15(19-18)7-6-11-4-2-1-3-5-11/h1-5,8-10,15,19H,6-7,18H2. The third kappa shape index (κ3) is 4.42. The maximum Gasteiger partial charge on any atom is 0.0463 e. The van der Waals surface area contributed by atoms with Crippen LogP contribution in [0.25, 0.3) is 0 Å². The molecule has 100 valence electrons. The number of hydrogen-bond acceptors (Lipinski definition) is 2. The second kappa shape index (κ2) is 7.20. The molecule has 0 aliphatic heterocycles. The summed E-state index contributed by atoms with van der Waals surface area (Å²) in [6.07, 6.45) is 1.96. The summed E-state index contributed by atoms with van der Waals surface area (Å²) in [5.74, 6) is 5.69. The van der Waals surface area contributed by atoms with Gasteiger partial charge in [0.15, 0.2) is 0 Å². The molecule has 2 aromatic rings. The Morgan fingerprint density at radius 3 is 2.21 bits per heavy atom. The summed E-state index contributed by atoms with van der Waals surface area (Å²) < 4.78 is 2.11. The molecule has 4 heteroatoms. The molecule has 0 aliphatic rings. The van der Waals surface area contributed by atoms with Crippen LogP contribution in [0.2, 0.25) is 0 Å². The van der Waals surface area contributed by atoms with Crippen LogP contribution < -0.4 is 11.3 Å². The van der Waals surface area contributed by atoms with Crippen LogP contribution in [0.15, 0.2) is 57.5 Å². The van der Waals surface area contributed by atoms with E-state index in [2.05, 4.69) is 73.7 Å². The van der Waals surface area contributed by atoms with Crippen LogP contribution in [-0.2, 0) is 6.42 Å². The zero-order chi connectivity index (χ0) is 13.7. The fourth-order valence-corrected chi connectivity index (χ4v) is 3.41. The van der Waals surface area contributed by atoms with Crippen molar-refractivity contribution in [1.29, 1.82) is 0 Å². The molecule has 0 fully saturated rings. The summed E-state index contributed by atoms with van der Waals surface area (Å²) in [4.78, 5) is 0. The molecule has 2 rings (SSSR count). The Hall–Kier alpha value is -0.680. The van der Waals surface area contributed by atoms with Crippen molar-refractivity contribution in [2.75, 3.05) is 0 Å². The highest BCUT2D eigenvalue weighted by atomic mass is 79.9. The Labute approximate surface area is 130 Å². The minimum Gasteiger partial charge on any atom is -0.271 e. The van der Waals surface area contributed by atoms with Gasteiger partial charge >= 0.3 is 0 Å². The summed E-state index contributed by atoms with van der Waals surface area (Å²) in [5, 5.41) is 0. The van der Waals surface area contributed by atoms with Crippen LogP contribution in [0.3, 0.4) is 0 Å². The first-order valence-corrected chi connectivity index (χ1v) is 7.73. The number of aryl methyl sites for hydroxylation is 1. The Morgan fingerprint density at radius 1 is 1.00 bits per heavy atom. The third-order valence-corrected chi connectivity index (χ3v) is 3.97. The van der Waals surface area contributed by atoms with Crippen LogP contribution >= 0.6 is 31.9 Å². The molecule has 3 N–H and O–H groups in total. The number of rotatable bonds is 5. The number of benzene rings is 2. The average molecular weight is 384 g/mol. The monoisotopic (exact) mass is 382 g/mol. The van der Waals surface area contributed by atoms with Gasteiger partial charge in [-0.25, -0.2) is 0 Å². The molecule has 19 heavy (non-hydrogen) atoms. The van der Waals surface area contributed by atoms with Crippen molar-refractivity contribution in [3.8, 4) is 0 Å². The first kappa shape index (κ1) is 14.7. The molecule has 2 aromatic carbocycles. The van der Waals surface area contributed by atoms with Gasteiger partial charge in [-0.3, -0.25) is 11.3 Å². The lowest BCUT2D eigenvalue weighted by Crippen LogP contribution is -2.28. The second-order valence-corrected chi connectivity index (χ2v) is 6.28. The van der Waals surface area contributed by atoms with Gasteiger partial charge in [-0.1, -0.05) is 62.2 Å². The highest BCUT2D eigenvalue weighted by Gasteiger charge is 2.11. The minimum absolute atomic E-state index is 0.147. The molecule has 0 radical (unpaired) electrons. The first-order valence-electron chi connectivity index (χ1n) is 6.15. The van der Waals surface area contributed by atoms with E-state index in [1.165, 1.54) is 11.1 Å². The third-order valence-electron chi connectivity index (χ3n) is 3.05. The predicted octanol–water partition coefficient (Wildman–Crippen LogP) is 4.35. The van der Waals surface area contributed by atoms with E-state index >= 15 is 0 Å². The van der Waals surface area contributed by atoms with E-state index in [1.807, 2.05) is 12.1 Å². The zero-order valence-electron chi connectivity index (χ0n) is 10.4. The maximum absolute atomic E-state index is 5.69. The Balaban J connectivity index is 2.07. The van der Waals surface area contributed by atoms with Crippen LogP contribution in [0, 0.1) is 0 Å². The number of halogens is 2. The van der Waals surface area contributed by atoms with Gasteiger partial charge in [-0.15, -0.1) is 0 Å². The van der Waals surface area contributed by atoms with Gasteiger partial charge in [-0.05, 0) is 42.2 Å². The zero-order valence-corrected chi connectivity index (χ0v) is 13.6. The van der Waals surface area contributed by atoms with E-state index in [-0.39, 0.29) is 6.04 Å². The molecule has 0 aromatic heterocycles. The summed E-state index contributed by atoms with van der Waals surface area (Å²) >= 11 is 7.02. The molecule has 0 aliphatic carbocycles. The molecule has 0 saturated carbocycles. The topological polar surface area (TPSA) is 38.0 Å². The lowest BCUT2D eigenvalue weighted by molar-refractivity contribution is 0.516. The van der Waals surface area contributed by atoms with Crippen molar-refractivity contribution in [2.24, 2.45) is 5.84 Å². The van der Waals surface area contributed by atoms with Crippen LogP contribution in [0.5, 0.6) is 0 Å². The van der Waals surface area contributed by atoms with Crippen LogP contribution in [0.4, 0.5) is 0 Å². The minimum atomic E-state index is 0.147. The lowest BCUT2D eigenvalue weighted by atomic mass is 9.99. The van der Waals surface area contributed by atoms with Crippen molar-refractivity contribution >= 4 is 31.9 Å². The van der Waals surface area contributed by atoms with E-state index in [0.29, 0.717) is 0 Å². The summed E-state index contributed by atoms with van der Waals surface area (Å²) in [7, 11) is 0. The average Bonchev–Trinajstić information content (AvgIpc) is 2.39. The fraction of sp³-hybridized carbons (Fsp3) is 0.200. The highest BCUT2D eigenvalue weighted by molar-refractivity contribution is 9.11. The number of nitrogens with two attached hydrogens (primary N) is 1. The fourth-order valence-electron chi connectivity index (χ4n) is 2.08. The quantitative estimate of drug-likeness (QED) is 0.595. The van der Waals surface area contributed by atoms with Gasteiger partial charge in [0.1, 0.15) is 0 Å². The van der Waals surface area contributed by atoms with E-state index in [9.17, 15) is 0 Å². The Bertz CT molecular complexity index is 509. The van der Waals surface area contributed by atoms with E-state index in [0.717, 1.165) is 21.8 Å². The smallest absolute Gasteiger partial charge is 0.0463 e. The van der Waals surface area contributed by atoms with Gasteiger partial charge in [0, 0.05) is 15.0 Å². The lowest BCUT2D eigenvalue weighted by Gasteiger charge is -2.17. The van der Waals surface area contributed by atoms with Crippen molar-refractivity contribution in [2.45, 2.75) is 18.9 Å². The number of nitrogens with one attached hydrogen (secondary N) is 1. The van der Waals surface area contributed by atoms with Crippen molar-refractivity contribution in [1.82, 2.24) is 5.43 Å². The molecule has 1 atom stereocenters. The van der Waals surface area contributed by atoms with Gasteiger partial charge in [0.2, 0.25) is 0 Å². The molecule has 0 amide bonds. The van der Waals surface area contributed by atoms with Crippen molar-refractivity contribution < 1.29 is 0 Å². The van der Waals surface area contributed by atoms with E-state index in [4.69, 9.17) is 5.84 Å².